The van der Waals surface area contributed by atoms with Crippen LogP contribution in [0, 0.1) is 0 Å². The molecule has 0 radical (unpaired) electrons. The smallest absolute Gasteiger partial charge is 0.142 e. The minimum Gasteiger partial charge on any atom is -0.495 e. The summed E-state index contributed by atoms with van der Waals surface area (Å²) in [6, 6.07) is 9.22. The van der Waals surface area contributed by atoms with Crippen molar-refractivity contribution in [3.63, 3.8) is 0 Å². The highest BCUT2D eigenvalue weighted by Crippen LogP contribution is 2.30. The number of anilines is 1. The molecule has 0 spiro atoms. The fraction of sp³-hybridized carbons (Fsp3) is 0.600. The Hall–Kier alpha value is -1.22. The first-order chi connectivity index (χ1) is 8.88. The van der Waals surface area contributed by atoms with E-state index < -0.39 is 0 Å². The van der Waals surface area contributed by atoms with Crippen LogP contribution in [0.3, 0.4) is 0 Å². The molecule has 3 heteroatoms. The van der Waals surface area contributed by atoms with Crippen molar-refractivity contribution in [1.82, 2.24) is 4.90 Å². The maximum absolute atomic E-state index is 5.45. The molecule has 0 aromatic heterocycles. The zero-order chi connectivity index (χ0) is 12.4. The number of hydrogen-bond donors (Lipinski definition) is 0. The summed E-state index contributed by atoms with van der Waals surface area (Å²) in [6.07, 6.45) is 4.25. The van der Waals surface area contributed by atoms with Crippen LogP contribution in [0.4, 0.5) is 5.69 Å². The first-order valence-corrected chi connectivity index (χ1v) is 7.00. The van der Waals surface area contributed by atoms with E-state index in [0.29, 0.717) is 0 Å². The molecule has 1 heterocycles. The second-order valence-electron chi connectivity index (χ2n) is 5.28. The Morgan fingerprint density at radius 2 is 1.78 bits per heavy atom. The van der Waals surface area contributed by atoms with Crippen molar-refractivity contribution in [2.45, 2.75) is 25.3 Å². The maximum Gasteiger partial charge on any atom is 0.142 e. The third kappa shape index (κ3) is 2.19. The van der Waals surface area contributed by atoms with Crippen molar-refractivity contribution in [3.05, 3.63) is 24.3 Å². The van der Waals surface area contributed by atoms with Crippen LogP contribution in [-0.2, 0) is 0 Å². The highest BCUT2D eigenvalue weighted by atomic mass is 16.5. The fourth-order valence-corrected chi connectivity index (χ4v) is 2.97. The summed E-state index contributed by atoms with van der Waals surface area (Å²) in [5.74, 6) is 0.995. The Balaban J connectivity index is 1.64. The largest absolute Gasteiger partial charge is 0.495 e. The summed E-state index contributed by atoms with van der Waals surface area (Å²) in [7, 11) is 1.75. The van der Waals surface area contributed by atoms with E-state index in [4.69, 9.17) is 4.74 Å². The molecule has 1 aromatic carbocycles. The quantitative estimate of drug-likeness (QED) is 0.814. The highest BCUT2D eigenvalue weighted by Gasteiger charge is 2.28. The van der Waals surface area contributed by atoms with Gasteiger partial charge in [0.05, 0.1) is 12.8 Å². The molecule has 0 atom stereocenters. The predicted octanol–water partition coefficient (Wildman–Crippen LogP) is 2.37. The standard InChI is InChI=1S/C15H22N2O/c1-18-15-8-3-2-7-14(15)17-11-9-16(10-12-17)13-5-4-6-13/h2-3,7-8,13H,4-6,9-12H2,1H3. The van der Waals surface area contributed by atoms with Gasteiger partial charge in [0.2, 0.25) is 0 Å². The number of nitrogens with zero attached hydrogens (tertiary/aromatic N) is 2. The first kappa shape index (κ1) is 11.8. The van der Waals surface area contributed by atoms with Crippen molar-refractivity contribution < 1.29 is 4.74 Å². The monoisotopic (exact) mass is 246 g/mol. The van der Waals surface area contributed by atoms with E-state index in [-0.39, 0.29) is 0 Å². The SMILES string of the molecule is COc1ccccc1N1CCN(C2CCC2)CC1. The second-order valence-corrected chi connectivity index (χ2v) is 5.28. The van der Waals surface area contributed by atoms with Crippen LogP contribution >= 0.6 is 0 Å². The Morgan fingerprint density at radius 3 is 2.39 bits per heavy atom. The number of hydrogen-bond acceptors (Lipinski definition) is 3. The molecule has 0 bridgehead atoms. The van der Waals surface area contributed by atoms with Gasteiger partial charge in [-0.25, -0.2) is 0 Å². The summed E-state index contributed by atoms with van der Waals surface area (Å²) in [5.41, 5.74) is 1.24. The van der Waals surface area contributed by atoms with E-state index in [1.54, 1.807) is 7.11 Å². The lowest BCUT2D eigenvalue weighted by Crippen LogP contribution is -2.52. The zero-order valence-electron chi connectivity index (χ0n) is 11.1. The normalized spacial score (nSPS) is 21.7. The lowest BCUT2D eigenvalue weighted by Gasteiger charge is -2.43. The Kier molecular flexibility index (Phi) is 3.41. The minimum atomic E-state index is 0.879. The molecule has 0 amide bonds. The van der Waals surface area contributed by atoms with Crippen LogP contribution in [0.1, 0.15) is 19.3 Å². The van der Waals surface area contributed by atoms with E-state index in [0.717, 1.165) is 24.9 Å². The predicted molar refractivity (Wildman–Crippen MR) is 74.4 cm³/mol. The van der Waals surface area contributed by atoms with Crippen LogP contribution in [0.5, 0.6) is 5.75 Å². The van der Waals surface area contributed by atoms with Gasteiger partial charge in [-0.3, -0.25) is 4.90 Å². The van der Waals surface area contributed by atoms with Gasteiger partial charge in [-0.15, -0.1) is 0 Å². The Labute approximate surface area is 109 Å². The van der Waals surface area contributed by atoms with Gasteiger partial charge in [0.1, 0.15) is 5.75 Å². The van der Waals surface area contributed by atoms with Crippen molar-refractivity contribution in [1.29, 1.82) is 0 Å². The van der Waals surface area contributed by atoms with E-state index in [9.17, 15) is 0 Å². The van der Waals surface area contributed by atoms with Gasteiger partial charge in [0, 0.05) is 32.2 Å². The van der Waals surface area contributed by atoms with E-state index >= 15 is 0 Å². The molecule has 2 fully saturated rings. The number of para-hydroxylation sites is 2. The van der Waals surface area contributed by atoms with Crippen LogP contribution in [0.25, 0.3) is 0 Å². The van der Waals surface area contributed by atoms with Crippen molar-refractivity contribution in [2.75, 3.05) is 38.2 Å². The van der Waals surface area contributed by atoms with Crippen LogP contribution < -0.4 is 9.64 Å². The molecule has 3 nitrogen and oxygen atoms in total. The van der Waals surface area contributed by atoms with E-state index in [1.807, 2.05) is 12.1 Å². The molecule has 3 rings (SSSR count). The molecule has 1 saturated heterocycles. The van der Waals surface area contributed by atoms with Crippen molar-refractivity contribution in [3.8, 4) is 5.75 Å². The summed E-state index contributed by atoms with van der Waals surface area (Å²) >= 11 is 0. The maximum atomic E-state index is 5.45. The number of benzene rings is 1. The molecular weight excluding hydrogens is 224 g/mol. The highest BCUT2D eigenvalue weighted by molar-refractivity contribution is 5.58. The van der Waals surface area contributed by atoms with Crippen molar-refractivity contribution in [2.24, 2.45) is 0 Å². The first-order valence-electron chi connectivity index (χ1n) is 7.00. The molecule has 1 aliphatic heterocycles. The molecule has 1 aliphatic carbocycles. The van der Waals surface area contributed by atoms with E-state index in [1.165, 1.54) is 38.0 Å². The second kappa shape index (κ2) is 5.19. The third-order valence-corrected chi connectivity index (χ3v) is 4.33. The Bertz CT molecular complexity index is 395. The molecule has 0 N–H and O–H groups in total. The summed E-state index contributed by atoms with van der Waals surface area (Å²) in [4.78, 5) is 5.11. The van der Waals surface area contributed by atoms with Crippen LogP contribution in [0.2, 0.25) is 0 Å². The van der Waals surface area contributed by atoms with Gasteiger partial charge in [0.25, 0.3) is 0 Å². The molecule has 0 unspecified atom stereocenters. The van der Waals surface area contributed by atoms with Gasteiger partial charge in [-0.1, -0.05) is 18.6 Å². The average Bonchev–Trinajstić information content (AvgIpc) is 2.38. The molecule has 18 heavy (non-hydrogen) atoms. The summed E-state index contributed by atoms with van der Waals surface area (Å²) < 4.78 is 5.45. The van der Waals surface area contributed by atoms with Crippen molar-refractivity contribution >= 4 is 5.69 Å². The van der Waals surface area contributed by atoms with Crippen LogP contribution in [-0.4, -0.2) is 44.2 Å². The number of methoxy groups -OCH3 is 1. The minimum absolute atomic E-state index is 0.879. The zero-order valence-corrected chi connectivity index (χ0v) is 11.1. The van der Waals surface area contributed by atoms with Gasteiger partial charge in [-0.2, -0.15) is 0 Å². The summed E-state index contributed by atoms with van der Waals surface area (Å²) in [6.45, 7) is 4.64. The van der Waals surface area contributed by atoms with Gasteiger partial charge in [-0.05, 0) is 25.0 Å². The molecule has 2 aliphatic rings. The van der Waals surface area contributed by atoms with Crippen LogP contribution in [0.15, 0.2) is 24.3 Å². The lowest BCUT2D eigenvalue weighted by molar-refractivity contribution is 0.120. The van der Waals surface area contributed by atoms with E-state index in [2.05, 4.69) is 21.9 Å². The molecule has 98 valence electrons. The lowest BCUT2D eigenvalue weighted by atomic mass is 9.91. The average molecular weight is 246 g/mol. The number of rotatable bonds is 3. The molecular formula is C15H22N2O. The summed E-state index contributed by atoms with van der Waals surface area (Å²) in [5, 5.41) is 0. The molecule has 1 aromatic rings. The van der Waals surface area contributed by atoms with Gasteiger partial charge < -0.3 is 9.64 Å². The fourth-order valence-electron chi connectivity index (χ4n) is 2.97. The number of piperazine rings is 1. The topological polar surface area (TPSA) is 15.7 Å². The Morgan fingerprint density at radius 1 is 1.06 bits per heavy atom. The van der Waals surface area contributed by atoms with Gasteiger partial charge in [0.15, 0.2) is 0 Å². The third-order valence-electron chi connectivity index (χ3n) is 4.33. The van der Waals surface area contributed by atoms with Gasteiger partial charge >= 0.3 is 0 Å². The number of ether oxygens (including phenoxy) is 1. The molecule has 1 saturated carbocycles.